The molecule has 4 nitrogen and oxygen atoms in total. The summed E-state index contributed by atoms with van der Waals surface area (Å²) in [4.78, 5) is 13.6. The van der Waals surface area contributed by atoms with Crippen molar-refractivity contribution in [3.63, 3.8) is 0 Å². The topological polar surface area (TPSA) is 38.1 Å². The Balaban J connectivity index is 0.00000256. The van der Waals surface area contributed by atoms with Gasteiger partial charge in [-0.15, -0.1) is 12.4 Å². The molecule has 0 unspecified atom stereocenters. The highest BCUT2D eigenvalue weighted by molar-refractivity contribution is 5.94. The van der Waals surface area contributed by atoms with Crippen LogP contribution in [0, 0.1) is 6.92 Å². The number of hydrogen-bond donors (Lipinski definition) is 0. The van der Waals surface area contributed by atoms with Gasteiger partial charge in [0.15, 0.2) is 5.78 Å². The molecule has 0 radical (unpaired) electrons. The van der Waals surface area contributed by atoms with Crippen LogP contribution < -0.4 is 0 Å². The van der Waals surface area contributed by atoms with Crippen molar-refractivity contribution in [2.24, 2.45) is 0 Å². The molecule has 0 atom stereocenters. The van der Waals surface area contributed by atoms with Crippen LogP contribution in [0.1, 0.15) is 36.8 Å². The first-order valence-corrected chi connectivity index (χ1v) is 5.85. The molecule has 0 aliphatic carbocycles. The van der Waals surface area contributed by atoms with Crippen molar-refractivity contribution in [1.82, 2.24) is 14.7 Å². The normalized spacial score (nSPS) is 10.4. The summed E-state index contributed by atoms with van der Waals surface area (Å²) < 4.78 is 1.91. The molecule has 0 saturated heterocycles. The molecule has 0 saturated carbocycles. The lowest BCUT2D eigenvalue weighted by atomic mass is 10.2. The van der Waals surface area contributed by atoms with Gasteiger partial charge in [-0.05, 0) is 26.9 Å². The van der Waals surface area contributed by atoms with E-state index in [1.165, 1.54) is 0 Å². The summed E-state index contributed by atoms with van der Waals surface area (Å²) >= 11 is 0. The third-order valence-corrected chi connectivity index (χ3v) is 3.00. The Labute approximate surface area is 109 Å². The maximum absolute atomic E-state index is 11.3. The lowest BCUT2D eigenvalue weighted by Gasteiger charge is -2.18. The molecular formula is C12H22ClN3O. The Kier molecular flexibility index (Phi) is 7.07. The molecule has 1 aromatic rings. The molecule has 0 fully saturated rings. The number of aromatic nitrogens is 2. The number of nitrogens with zero attached hydrogens (tertiary/aromatic N) is 3. The van der Waals surface area contributed by atoms with E-state index in [0.29, 0.717) is 0 Å². The van der Waals surface area contributed by atoms with E-state index in [4.69, 9.17) is 0 Å². The van der Waals surface area contributed by atoms with E-state index in [2.05, 4.69) is 23.8 Å². The van der Waals surface area contributed by atoms with E-state index >= 15 is 0 Å². The fourth-order valence-corrected chi connectivity index (χ4v) is 1.79. The summed E-state index contributed by atoms with van der Waals surface area (Å²) in [5.74, 6) is 0.0894. The van der Waals surface area contributed by atoms with Crippen molar-refractivity contribution in [3.05, 3.63) is 17.5 Å². The summed E-state index contributed by atoms with van der Waals surface area (Å²) in [5.41, 5.74) is 1.71. The zero-order valence-corrected chi connectivity index (χ0v) is 11.9. The molecule has 0 bridgehead atoms. The first-order valence-electron chi connectivity index (χ1n) is 5.85. The van der Waals surface area contributed by atoms with Crippen LogP contribution in [0.2, 0.25) is 0 Å². The van der Waals surface area contributed by atoms with Crippen molar-refractivity contribution in [3.8, 4) is 0 Å². The van der Waals surface area contributed by atoms with E-state index in [9.17, 15) is 4.79 Å². The molecule has 0 aliphatic rings. The van der Waals surface area contributed by atoms with Gasteiger partial charge in [0.2, 0.25) is 0 Å². The van der Waals surface area contributed by atoms with Gasteiger partial charge in [-0.2, -0.15) is 5.10 Å². The van der Waals surface area contributed by atoms with Crippen LogP contribution in [0.25, 0.3) is 0 Å². The number of carbonyl (C=O) groups is 1. The standard InChI is InChI=1S/C12H21N3O.ClH/c1-5-14(6-2)7-8-15-10(3)12(9-13-15)11(4)16;/h9H,5-8H2,1-4H3;1H. The predicted molar refractivity (Wildman–Crippen MR) is 72.0 cm³/mol. The van der Waals surface area contributed by atoms with E-state index < -0.39 is 0 Å². The molecule has 1 aromatic heterocycles. The van der Waals surface area contributed by atoms with Crippen molar-refractivity contribution in [2.75, 3.05) is 19.6 Å². The first-order chi connectivity index (χ1) is 7.60. The van der Waals surface area contributed by atoms with Gasteiger partial charge in [0.1, 0.15) is 0 Å². The number of Topliss-reactive ketones (excluding diaryl/α,β-unsaturated/α-hetero) is 1. The van der Waals surface area contributed by atoms with E-state index in [1.54, 1.807) is 13.1 Å². The Hall–Kier alpha value is -0.870. The molecule has 1 heterocycles. The molecule has 0 aromatic carbocycles. The molecule has 0 N–H and O–H groups in total. The Bertz CT molecular complexity index is 359. The second-order valence-corrected chi connectivity index (χ2v) is 3.95. The molecule has 0 amide bonds. The number of carbonyl (C=O) groups excluding carboxylic acids is 1. The number of ketones is 1. The SMILES string of the molecule is CCN(CC)CCn1ncc(C(C)=O)c1C.Cl. The highest BCUT2D eigenvalue weighted by Gasteiger charge is 2.10. The van der Waals surface area contributed by atoms with Crippen LogP contribution in [-0.4, -0.2) is 40.1 Å². The number of rotatable bonds is 6. The smallest absolute Gasteiger partial charge is 0.163 e. The van der Waals surface area contributed by atoms with Gasteiger partial charge in [-0.1, -0.05) is 13.8 Å². The summed E-state index contributed by atoms with van der Waals surface area (Å²) in [6.45, 7) is 11.8. The molecule has 1 rings (SSSR count). The summed E-state index contributed by atoms with van der Waals surface area (Å²) in [7, 11) is 0. The molecule has 17 heavy (non-hydrogen) atoms. The van der Waals surface area contributed by atoms with E-state index in [0.717, 1.165) is 37.4 Å². The van der Waals surface area contributed by atoms with Gasteiger partial charge >= 0.3 is 0 Å². The highest BCUT2D eigenvalue weighted by Crippen LogP contribution is 2.07. The van der Waals surface area contributed by atoms with Crippen LogP contribution in [0.4, 0.5) is 0 Å². The minimum atomic E-state index is 0. The Morgan fingerprint density at radius 3 is 2.41 bits per heavy atom. The summed E-state index contributed by atoms with van der Waals surface area (Å²) in [6, 6.07) is 0. The highest BCUT2D eigenvalue weighted by atomic mass is 35.5. The maximum atomic E-state index is 11.3. The fraction of sp³-hybridized carbons (Fsp3) is 0.667. The average molecular weight is 260 g/mol. The number of likely N-dealkylation sites (N-methyl/N-ethyl adjacent to an activating group) is 1. The van der Waals surface area contributed by atoms with Gasteiger partial charge in [0.25, 0.3) is 0 Å². The van der Waals surface area contributed by atoms with E-state index in [1.807, 2.05) is 11.6 Å². The van der Waals surface area contributed by atoms with Crippen LogP contribution in [0.3, 0.4) is 0 Å². The number of hydrogen-bond acceptors (Lipinski definition) is 3. The van der Waals surface area contributed by atoms with Gasteiger partial charge in [-0.3, -0.25) is 9.48 Å². The molecular weight excluding hydrogens is 238 g/mol. The van der Waals surface area contributed by atoms with Crippen molar-refractivity contribution in [2.45, 2.75) is 34.2 Å². The Morgan fingerprint density at radius 1 is 1.41 bits per heavy atom. The van der Waals surface area contributed by atoms with Gasteiger partial charge < -0.3 is 4.90 Å². The molecule has 98 valence electrons. The second kappa shape index (κ2) is 7.45. The average Bonchev–Trinajstić information content (AvgIpc) is 2.62. The largest absolute Gasteiger partial charge is 0.302 e. The lowest BCUT2D eigenvalue weighted by molar-refractivity contribution is 0.101. The lowest BCUT2D eigenvalue weighted by Crippen LogP contribution is -2.27. The summed E-state index contributed by atoms with van der Waals surface area (Å²) in [5, 5.41) is 4.25. The van der Waals surface area contributed by atoms with Crippen molar-refractivity contribution in [1.29, 1.82) is 0 Å². The summed E-state index contributed by atoms with van der Waals surface area (Å²) in [6.07, 6.45) is 1.67. The van der Waals surface area contributed by atoms with E-state index in [-0.39, 0.29) is 18.2 Å². The molecule has 0 spiro atoms. The van der Waals surface area contributed by atoms with Crippen molar-refractivity contribution < 1.29 is 4.79 Å². The van der Waals surface area contributed by atoms with Crippen LogP contribution in [-0.2, 0) is 6.54 Å². The monoisotopic (exact) mass is 259 g/mol. The minimum absolute atomic E-state index is 0. The van der Waals surface area contributed by atoms with Gasteiger partial charge in [0, 0.05) is 12.2 Å². The first kappa shape index (κ1) is 16.1. The third-order valence-electron chi connectivity index (χ3n) is 3.00. The third kappa shape index (κ3) is 4.13. The second-order valence-electron chi connectivity index (χ2n) is 3.95. The Morgan fingerprint density at radius 2 is 2.00 bits per heavy atom. The quantitative estimate of drug-likeness (QED) is 0.735. The van der Waals surface area contributed by atoms with Gasteiger partial charge in [0.05, 0.1) is 18.3 Å². The molecule has 0 aliphatic heterocycles. The predicted octanol–water partition coefficient (Wildman–Crippen LogP) is 2.16. The van der Waals surface area contributed by atoms with Crippen LogP contribution in [0.15, 0.2) is 6.20 Å². The van der Waals surface area contributed by atoms with Gasteiger partial charge in [-0.25, -0.2) is 0 Å². The maximum Gasteiger partial charge on any atom is 0.163 e. The van der Waals surface area contributed by atoms with Crippen LogP contribution in [0.5, 0.6) is 0 Å². The minimum Gasteiger partial charge on any atom is -0.302 e. The number of halogens is 1. The van der Waals surface area contributed by atoms with Crippen LogP contribution >= 0.6 is 12.4 Å². The zero-order chi connectivity index (χ0) is 12.1. The zero-order valence-electron chi connectivity index (χ0n) is 11.1. The molecule has 5 heteroatoms. The van der Waals surface area contributed by atoms with Crippen molar-refractivity contribution >= 4 is 18.2 Å². The fourth-order valence-electron chi connectivity index (χ4n) is 1.79.